The lowest BCUT2D eigenvalue weighted by atomic mass is 10.1. The zero-order valence-electron chi connectivity index (χ0n) is 9.95. The number of nitrogens with one attached hydrogen (secondary N) is 1. The van der Waals surface area contributed by atoms with Gasteiger partial charge in [-0.1, -0.05) is 41.9 Å². The number of hydrogen-bond donors (Lipinski definition) is 2. The highest BCUT2D eigenvalue weighted by molar-refractivity contribution is 6.29. The average molecular weight is 278 g/mol. The number of halogens is 1. The third-order valence-electron chi connectivity index (χ3n) is 2.54. The fourth-order valence-corrected chi connectivity index (χ4v) is 1.79. The minimum atomic E-state index is -0.946. The molecule has 1 heterocycles. The van der Waals surface area contributed by atoms with E-state index in [2.05, 4.69) is 15.3 Å². The van der Waals surface area contributed by atoms with Gasteiger partial charge in [0.05, 0.1) is 0 Å². The summed E-state index contributed by atoms with van der Waals surface area (Å²) in [5.74, 6) is -0.554. The molecule has 6 heteroatoms. The number of carboxylic acids is 1. The van der Waals surface area contributed by atoms with Crippen LogP contribution in [0.2, 0.25) is 5.15 Å². The molecule has 0 radical (unpaired) electrons. The van der Waals surface area contributed by atoms with Gasteiger partial charge in [0.1, 0.15) is 23.3 Å². The lowest BCUT2D eigenvalue weighted by molar-refractivity contribution is -0.137. The Hall–Kier alpha value is -2.14. The van der Waals surface area contributed by atoms with Crippen molar-refractivity contribution in [2.75, 3.05) is 5.32 Å². The van der Waals surface area contributed by atoms with Gasteiger partial charge in [0.15, 0.2) is 0 Å². The summed E-state index contributed by atoms with van der Waals surface area (Å²) < 4.78 is 0. The highest BCUT2D eigenvalue weighted by atomic mass is 35.5. The zero-order chi connectivity index (χ0) is 13.7. The van der Waals surface area contributed by atoms with E-state index in [1.807, 2.05) is 30.3 Å². The molecule has 2 aromatic rings. The molecule has 1 aromatic heterocycles. The number of rotatable bonds is 5. The SMILES string of the molecule is O=C(O)C(Cc1ccccc1)Nc1cc(Cl)ncn1. The van der Waals surface area contributed by atoms with Crippen LogP contribution in [-0.4, -0.2) is 27.1 Å². The third-order valence-corrected chi connectivity index (χ3v) is 2.74. The maximum absolute atomic E-state index is 11.3. The standard InChI is InChI=1S/C13H12ClN3O2/c14-11-7-12(16-8-15-11)17-10(13(18)19)6-9-4-2-1-3-5-9/h1-5,7-8,10H,6H2,(H,18,19)(H,15,16,17). The number of hydrogen-bond acceptors (Lipinski definition) is 4. The Labute approximate surface area is 115 Å². The lowest BCUT2D eigenvalue weighted by Crippen LogP contribution is -2.31. The minimum absolute atomic E-state index is 0.265. The molecule has 0 amide bonds. The van der Waals surface area contributed by atoms with Crippen molar-refractivity contribution >= 4 is 23.4 Å². The molecule has 0 aliphatic carbocycles. The minimum Gasteiger partial charge on any atom is -0.480 e. The summed E-state index contributed by atoms with van der Waals surface area (Å²) in [6.45, 7) is 0. The smallest absolute Gasteiger partial charge is 0.326 e. The third kappa shape index (κ3) is 3.93. The van der Waals surface area contributed by atoms with Gasteiger partial charge in [0.2, 0.25) is 0 Å². The summed E-state index contributed by atoms with van der Waals surface area (Å²) in [5.41, 5.74) is 0.933. The lowest BCUT2D eigenvalue weighted by Gasteiger charge is -2.15. The summed E-state index contributed by atoms with van der Waals surface area (Å²) in [7, 11) is 0. The normalized spacial score (nSPS) is 11.8. The van der Waals surface area contributed by atoms with Crippen molar-refractivity contribution in [2.45, 2.75) is 12.5 Å². The maximum atomic E-state index is 11.3. The van der Waals surface area contributed by atoms with Gasteiger partial charge in [0.25, 0.3) is 0 Å². The highest BCUT2D eigenvalue weighted by Gasteiger charge is 2.18. The average Bonchev–Trinajstić information content (AvgIpc) is 2.39. The number of carboxylic acid groups (broad SMARTS) is 1. The second-order valence-corrected chi connectivity index (χ2v) is 4.34. The van der Waals surface area contributed by atoms with Crippen LogP contribution in [0.25, 0.3) is 0 Å². The summed E-state index contributed by atoms with van der Waals surface area (Å²) in [6, 6.07) is 10.1. The van der Waals surface area contributed by atoms with Gasteiger partial charge < -0.3 is 10.4 Å². The molecule has 0 saturated heterocycles. The van der Waals surface area contributed by atoms with E-state index in [9.17, 15) is 9.90 Å². The van der Waals surface area contributed by atoms with E-state index < -0.39 is 12.0 Å². The molecular formula is C13H12ClN3O2. The van der Waals surface area contributed by atoms with Crippen LogP contribution in [-0.2, 0) is 11.2 Å². The van der Waals surface area contributed by atoms with Gasteiger partial charge in [-0.25, -0.2) is 14.8 Å². The largest absolute Gasteiger partial charge is 0.480 e. The second kappa shape index (κ2) is 6.15. The molecule has 2 N–H and O–H groups in total. The molecule has 5 nitrogen and oxygen atoms in total. The van der Waals surface area contributed by atoms with E-state index in [1.54, 1.807) is 0 Å². The fraction of sp³-hybridized carbons (Fsp3) is 0.154. The van der Waals surface area contributed by atoms with Crippen LogP contribution >= 0.6 is 11.6 Å². The molecule has 0 spiro atoms. The van der Waals surface area contributed by atoms with Crippen molar-refractivity contribution in [1.29, 1.82) is 0 Å². The van der Waals surface area contributed by atoms with Crippen LogP contribution in [0, 0.1) is 0 Å². The Morgan fingerprint density at radius 3 is 2.68 bits per heavy atom. The van der Waals surface area contributed by atoms with E-state index in [-0.39, 0.29) is 5.15 Å². The van der Waals surface area contributed by atoms with Gasteiger partial charge in [-0.2, -0.15) is 0 Å². The predicted molar refractivity (Wildman–Crippen MR) is 72.2 cm³/mol. The van der Waals surface area contributed by atoms with Crippen LogP contribution in [0.1, 0.15) is 5.56 Å². The molecule has 0 bridgehead atoms. The van der Waals surface area contributed by atoms with Gasteiger partial charge in [-0.3, -0.25) is 0 Å². The van der Waals surface area contributed by atoms with Gasteiger partial charge >= 0.3 is 5.97 Å². The predicted octanol–water partition coefficient (Wildman–Crippen LogP) is 2.24. The van der Waals surface area contributed by atoms with Crippen molar-refractivity contribution in [2.24, 2.45) is 0 Å². The summed E-state index contributed by atoms with van der Waals surface area (Å²) in [5, 5.41) is 12.3. The molecular weight excluding hydrogens is 266 g/mol. The van der Waals surface area contributed by atoms with Crippen LogP contribution in [0.3, 0.4) is 0 Å². The van der Waals surface area contributed by atoms with Gasteiger partial charge in [-0.15, -0.1) is 0 Å². The zero-order valence-corrected chi connectivity index (χ0v) is 10.7. The van der Waals surface area contributed by atoms with Crippen LogP contribution in [0.5, 0.6) is 0 Å². The first-order valence-corrected chi connectivity index (χ1v) is 6.04. The number of benzene rings is 1. The van der Waals surface area contributed by atoms with Gasteiger partial charge in [0, 0.05) is 12.5 Å². The van der Waals surface area contributed by atoms with E-state index in [1.165, 1.54) is 12.4 Å². The Balaban J connectivity index is 2.11. The number of nitrogens with zero attached hydrogens (tertiary/aromatic N) is 2. The molecule has 0 aliphatic heterocycles. The first-order valence-electron chi connectivity index (χ1n) is 5.66. The highest BCUT2D eigenvalue weighted by Crippen LogP contribution is 2.12. The van der Waals surface area contributed by atoms with E-state index >= 15 is 0 Å². The van der Waals surface area contributed by atoms with Crippen molar-refractivity contribution in [3.05, 3.63) is 53.4 Å². The monoisotopic (exact) mass is 277 g/mol. The van der Waals surface area contributed by atoms with Crippen molar-refractivity contribution in [1.82, 2.24) is 9.97 Å². The van der Waals surface area contributed by atoms with Crippen LogP contribution < -0.4 is 5.32 Å². The Morgan fingerprint density at radius 2 is 2.05 bits per heavy atom. The van der Waals surface area contributed by atoms with Crippen molar-refractivity contribution < 1.29 is 9.90 Å². The topological polar surface area (TPSA) is 75.1 Å². The van der Waals surface area contributed by atoms with Gasteiger partial charge in [-0.05, 0) is 5.56 Å². The molecule has 0 aliphatic rings. The van der Waals surface area contributed by atoms with E-state index in [0.29, 0.717) is 12.2 Å². The van der Waals surface area contributed by atoms with E-state index in [4.69, 9.17) is 11.6 Å². The van der Waals surface area contributed by atoms with Crippen molar-refractivity contribution in [3.8, 4) is 0 Å². The van der Waals surface area contributed by atoms with Crippen molar-refractivity contribution in [3.63, 3.8) is 0 Å². The summed E-state index contributed by atoms with van der Waals surface area (Å²) >= 11 is 5.73. The number of aliphatic carboxylic acids is 1. The maximum Gasteiger partial charge on any atom is 0.326 e. The molecule has 1 atom stereocenters. The molecule has 98 valence electrons. The Bertz CT molecular complexity index is 563. The summed E-state index contributed by atoms with van der Waals surface area (Å²) in [6.07, 6.45) is 1.64. The summed E-state index contributed by atoms with van der Waals surface area (Å²) in [4.78, 5) is 18.9. The molecule has 0 saturated carbocycles. The first-order chi connectivity index (χ1) is 9.15. The molecule has 2 rings (SSSR count). The number of carbonyl (C=O) groups is 1. The van der Waals surface area contributed by atoms with E-state index in [0.717, 1.165) is 5.56 Å². The molecule has 1 aromatic carbocycles. The molecule has 19 heavy (non-hydrogen) atoms. The van der Waals surface area contributed by atoms with Crippen LogP contribution in [0.15, 0.2) is 42.7 Å². The number of aromatic nitrogens is 2. The quantitative estimate of drug-likeness (QED) is 0.820. The molecule has 1 unspecified atom stereocenters. The Kier molecular flexibility index (Phi) is 4.30. The number of anilines is 1. The molecule has 0 fully saturated rings. The first kappa shape index (κ1) is 13.3. The van der Waals surface area contributed by atoms with Crippen LogP contribution in [0.4, 0.5) is 5.82 Å². The Morgan fingerprint density at radius 1 is 1.32 bits per heavy atom. The second-order valence-electron chi connectivity index (χ2n) is 3.95. The fourth-order valence-electron chi connectivity index (χ4n) is 1.64.